The summed E-state index contributed by atoms with van der Waals surface area (Å²) in [5.41, 5.74) is -0.523. The van der Waals surface area contributed by atoms with E-state index < -0.39 is 17.4 Å². The maximum absolute atomic E-state index is 12.3. The first-order valence-electron chi connectivity index (χ1n) is 5.96. The quantitative estimate of drug-likeness (QED) is 0.844. The second-order valence-electron chi connectivity index (χ2n) is 5.39. The number of hydrogen-bond acceptors (Lipinski definition) is 3. The van der Waals surface area contributed by atoms with E-state index in [1.165, 1.54) is 0 Å². The van der Waals surface area contributed by atoms with Gasteiger partial charge in [-0.15, -0.1) is 11.8 Å². The van der Waals surface area contributed by atoms with Gasteiger partial charge in [0, 0.05) is 11.2 Å². The molecule has 0 spiro atoms. The molecule has 0 aromatic rings. The van der Waals surface area contributed by atoms with E-state index in [4.69, 9.17) is 0 Å². The predicted octanol–water partition coefficient (Wildman–Crippen LogP) is 2.19. The largest absolute Gasteiger partial charge is 0.480 e. The van der Waals surface area contributed by atoms with Gasteiger partial charge in [-0.2, -0.15) is 0 Å². The van der Waals surface area contributed by atoms with E-state index >= 15 is 0 Å². The number of aliphatic carboxylic acids is 1. The molecule has 17 heavy (non-hydrogen) atoms. The summed E-state index contributed by atoms with van der Waals surface area (Å²) >= 11 is 1.58. The molecule has 2 unspecified atom stereocenters. The average molecular weight is 259 g/mol. The number of thioether (sulfide) groups is 1. The monoisotopic (exact) mass is 259 g/mol. The number of carbonyl (C=O) groups excluding carboxylic acids is 1. The molecular weight excluding hydrogens is 238 g/mol. The molecule has 1 rings (SSSR count). The lowest BCUT2D eigenvalue weighted by Gasteiger charge is -2.32. The third-order valence-corrected chi connectivity index (χ3v) is 4.15. The van der Waals surface area contributed by atoms with Crippen LogP contribution in [-0.2, 0) is 9.59 Å². The number of rotatable bonds is 3. The Hall–Kier alpha value is -0.710. The minimum atomic E-state index is -0.895. The molecule has 1 saturated heterocycles. The average Bonchev–Trinajstić information content (AvgIpc) is 2.59. The second kappa shape index (κ2) is 5.29. The van der Waals surface area contributed by atoms with Crippen LogP contribution >= 0.6 is 11.8 Å². The zero-order chi connectivity index (χ0) is 13.2. The minimum absolute atomic E-state index is 0.0211. The van der Waals surface area contributed by atoms with Crippen molar-refractivity contribution in [2.75, 3.05) is 5.75 Å². The highest BCUT2D eigenvalue weighted by Crippen LogP contribution is 2.35. The highest BCUT2D eigenvalue weighted by atomic mass is 32.2. The van der Waals surface area contributed by atoms with Crippen LogP contribution in [0.5, 0.6) is 0 Å². The van der Waals surface area contributed by atoms with Gasteiger partial charge in [0.1, 0.15) is 6.04 Å². The predicted molar refractivity (Wildman–Crippen MR) is 68.9 cm³/mol. The Morgan fingerprint density at radius 2 is 2.00 bits per heavy atom. The molecule has 4 nitrogen and oxygen atoms in total. The van der Waals surface area contributed by atoms with E-state index in [1.54, 1.807) is 16.7 Å². The SMILES string of the molecule is CCCC1SCC(C(=O)O)N1C(=O)C(C)(C)C. The molecule has 1 aliphatic heterocycles. The lowest BCUT2D eigenvalue weighted by Crippen LogP contribution is -2.49. The standard InChI is InChI=1S/C12H21NO3S/c1-5-6-9-13(11(16)12(2,3)4)8(7-17-9)10(14)15/h8-9H,5-7H2,1-4H3,(H,14,15). The number of carboxylic acids is 1. The van der Waals surface area contributed by atoms with Crippen molar-refractivity contribution < 1.29 is 14.7 Å². The highest BCUT2D eigenvalue weighted by Gasteiger charge is 2.44. The summed E-state index contributed by atoms with van der Waals surface area (Å²) in [6, 6.07) is -0.664. The summed E-state index contributed by atoms with van der Waals surface area (Å²) in [6.45, 7) is 7.55. The minimum Gasteiger partial charge on any atom is -0.480 e. The third-order valence-electron chi connectivity index (χ3n) is 2.79. The Kier molecular flexibility index (Phi) is 4.47. The second-order valence-corrected chi connectivity index (χ2v) is 6.60. The lowest BCUT2D eigenvalue weighted by atomic mass is 9.93. The molecule has 0 aliphatic carbocycles. The lowest BCUT2D eigenvalue weighted by molar-refractivity contribution is -0.153. The van der Waals surface area contributed by atoms with Gasteiger partial charge in [0.25, 0.3) is 0 Å². The number of hydrogen-bond donors (Lipinski definition) is 1. The Balaban J connectivity index is 2.93. The van der Waals surface area contributed by atoms with Gasteiger partial charge < -0.3 is 10.0 Å². The van der Waals surface area contributed by atoms with Crippen LogP contribution in [0.2, 0.25) is 0 Å². The maximum Gasteiger partial charge on any atom is 0.327 e. The van der Waals surface area contributed by atoms with Crippen LogP contribution in [0.4, 0.5) is 0 Å². The molecule has 0 aromatic heterocycles. The van der Waals surface area contributed by atoms with Gasteiger partial charge in [-0.05, 0) is 6.42 Å². The molecule has 1 heterocycles. The number of carboxylic acid groups (broad SMARTS) is 1. The highest BCUT2D eigenvalue weighted by molar-refractivity contribution is 8.00. The number of amides is 1. The fourth-order valence-corrected chi connectivity index (χ4v) is 3.40. The van der Waals surface area contributed by atoms with Gasteiger partial charge >= 0.3 is 5.97 Å². The van der Waals surface area contributed by atoms with Crippen molar-refractivity contribution in [1.82, 2.24) is 4.90 Å². The first kappa shape index (κ1) is 14.4. The van der Waals surface area contributed by atoms with Crippen LogP contribution in [0, 0.1) is 5.41 Å². The van der Waals surface area contributed by atoms with E-state index in [9.17, 15) is 14.7 Å². The van der Waals surface area contributed by atoms with Crippen molar-refractivity contribution in [1.29, 1.82) is 0 Å². The molecular formula is C12H21NO3S. The van der Waals surface area contributed by atoms with Gasteiger partial charge in [0.15, 0.2) is 0 Å². The zero-order valence-corrected chi connectivity index (χ0v) is 11.7. The summed E-state index contributed by atoms with van der Waals surface area (Å²) in [5, 5.41) is 9.20. The Bertz CT molecular complexity index is 311. The summed E-state index contributed by atoms with van der Waals surface area (Å²) in [4.78, 5) is 25.1. The fraction of sp³-hybridized carbons (Fsp3) is 0.833. The summed E-state index contributed by atoms with van der Waals surface area (Å²) in [7, 11) is 0. The van der Waals surface area contributed by atoms with Gasteiger partial charge in [-0.1, -0.05) is 34.1 Å². The first-order valence-corrected chi connectivity index (χ1v) is 7.01. The van der Waals surface area contributed by atoms with Crippen LogP contribution in [-0.4, -0.2) is 39.1 Å². The molecule has 0 radical (unpaired) electrons. The molecule has 0 bridgehead atoms. The van der Waals surface area contributed by atoms with Crippen molar-refractivity contribution in [3.63, 3.8) is 0 Å². The van der Waals surface area contributed by atoms with E-state index in [0.717, 1.165) is 12.8 Å². The van der Waals surface area contributed by atoms with Crippen LogP contribution in [0.3, 0.4) is 0 Å². The molecule has 0 saturated carbocycles. The molecule has 1 aliphatic rings. The van der Waals surface area contributed by atoms with Crippen LogP contribution in [0.15, 0.2) is 0 Å². The summed E-state index contributed by atoms with van der Waals surface area (Å²) in [6.07, 6.45) is 1.81. The van der Waals surface area contributed by atoms with E-state index in [0.29, 0.717) is 5.75 Å². The Morgan fingerprint density at radius 1 is 1.41 bits per heavy atom. The normalized spacial score (nSPS) is 25.1. The number of nitrogens with zero attached hydrogens (tertiary/aromatic N) is 1. The zero-order valence-electron chi connectivity index (χ0n) is 10.9. The van der Waals surface area contributed by atoms with Gasteiger partial charge in [-0.25, -0.2) is 4.79 Å². The van der Waals surface area contributed by atoms with Crippen molar-refractivity contribution in [2.24, 2.45) is 5.41 Å². The van der Waals surface area contributed by atoms with Crippen LogP contribution < -0.4 is 0 Å². The van der Waals surface area contributed by atoms with Gasteiger partial charge in [0.05, 0.1) is 5.37 Å². The molecule has 98 valence electrons. The van der Waals surface area contributed by atoms with Crippen molar-refractivity contribution >= 4 is 23.6 Å². The van der Waals surface area contributed by atoms with E-state index in [1.807, 2.05) is 27.7 Å². The molecule has 1 N–H and O–H groups in total. The molecule has 1 fully saturated rings. The topological polar surface area (TPSA) is 57.6 Å². The summed E-state index contributed by atoms with van der Waals surface area (Å²) in [5.74, 6) is -0.455. The summed E-state index contributed by atoms with van der Waals surface area (Å²) < 4.78 is 0. The Morgan fingerprint density at radius 3 is 2.41 bits per heavy atom. The third kappa shape index (κ3) is 3.15. The van der Waals surface area contributed by atoms with E-state index in [-0.39, 0.29) is 11.3 Å². The van der Waals surface area contributed by atoms with Gasteiger partial charge in [0.2, 0.25) is 5.91 Å². The van der Waals surface area contributed by atoms with E-state index in [2.05, 4.69) is 0 Å². The maximum atomic E-state index is 12.3. The van der Waals surface area contributed by atoms with Crippen molar-refractivity contribution in [2.45, 2.75) is 52.0 Å². The van der Waals surface area contributed by atoms with Gasteiger partial charge in [-0.3, -0.25) is 4.79 Å². The first-order chi connectivity index (χ1) is 7.79. The smallest absolute Gasteiger partial charge is 0.327 e. The molecule has 5 heteroatoms. The fourth-order valence-electron chi connectivity index (χ4n) is 1.88. The Labute approximate surface area is 107 Å². The van der Waals surface area contributed by atoms with Crippen LogP contribution in [0.1, 0.15) is 40.5 Å². The molecule has 2 atom stereocenters. The number of carbonyl (C=O) groups is 2. The van der Waals surface area contributed by atoms with Crippen LogP contribution in [0.25, 0.3) is 0 Å². The molecule has 0 aromatic carbocycles. The van der Waals surface area contributed by atoms with Crippen molar-refractivity contribution in [3.8, 4) is 0 Å². The van der Waals surface area contributed by atoms with Crippen molar-refractivity contribution in [3.05, 3.63) is 0 Å². The molecule has 1 amide bonds.